The van der Waals surface area contributed by atoms with Crippen LogP contribution in [0.1, 0.15) is 90.2 Å². The standard InChI is InChI=1S/C26H35Cl2P/c1-23(2,3)18-15-19(24(4,5)6)21(20(16-18)25(7,8)9)29-22(26(29,27)28)17-13-11-10-12-14-17/h10-16,22H,1-9H3/t22-,29+/m1/s1. The summed E-state index contributed by atoms with van der Waals surface area (Å²) in [5.41, 5.74) is 5.77. The van der Waals surface area contributed by atoms with Gasteiger partial charge in [0.1, 0.15) is 0 Å². The first-order chi connectivity index (χ1) is 13.1. The van der Waals surface area contributed by atoms with Gasteiger partial charge in [-0.3, -0.25) is 0 Å². The van der Waals surface area contributed by atoms with Crippen molar-refractivity contribution in [3.05, 3.63) is 64.7 Å². The van der Waals surface area contributed by atoms with Crippen molar-refractivity contribution in [2.45, 2.75) is 88.3 Å². The highest BCUT2D eigenvalue weighted by atomic mass is 35.5. The average Bonchev–Trinajstić information content (AvgIpc) is 3.13. The third-order valence-corrected chi connectivity index (χ3v) is 10.4. The van der Waals surface area contributed by atoms with Crippen LogP contribution in [0, 0.1) is 0 Å². The molecule has 2 aromatic rings. The molecule has 0 bridgehead atoms. The molecule has 29 heavy (non-hydrogen) atoms. The van der Waals surface area contributed by atoms with E-state index in [1.807, 2.05) is 0 Å². The molecule has 0 radical (unpaired) electrons. The minimum absolute atomic E-state index is 0.0204. The van der Waals surface area contributed by atoms with Gasteiger partial charge in [0.2, 0.25) is 0 Å². The Morgan fingerprint density at radius 1 is 0.724 bits per heavy atom. The quantitative estimate of drug-likeness (QED) is 0.318. The molecule has 2 atom stereocenters. The zero-order chi connectivity index (χ0) is 22.0. The van der Waals surface area contributed by atoms with Crippen molar-refractivity contribution in [3.8, 4) is 0 Å². The van der Waals surface area contributed by atoms with Gasteiger partial charge in [-0.1, -0.05) is 128 Å². The molecule has 1 saturated heterocycles. The van der Waals surface area contributed by atoms with Gasteiger partial charge in [-0.25, -0.2) is 0 Å². The molecule has 0 saturated carbocycles. The van der Waals surface area contributed by atoms with E-state index in [0.717, 1.165) is 0 Å². The number of rotatable bonds is 2. The highest BCUT2D eigenvalue weighted by Crippen LogP contribution is 2.87. The lowest BCUT2D eigenvalue weighted by atomic mass is 9.75. The van der Waals surface area contributed by atoms with Crippen LogP contribution in [0.25, 0.3) is 0 Å². The van der Waals surface area contributed by atoms with Crippen molar-refractivity contribution >= 4 is 36.4 Å². The van der Waals surface area contributed by atoms with Crippen molar-refractivity contribution in [1.29, 1.82) is 0 Å². The minimum atomic E-state index is -0.716. The van der Waals surface area contributed by atoms with E-state index < -0.39 is 12.0 Å². The lowest BCUT2D eigenvalue weighted by Gasteiger charge is -2.34. The fourth-order valence-electron chi connectivity index (χ4n) is 3.98. The van der Waals surface area contributed by atoms with Gasteiger partial charge in [-0.2, -0.15) is 0 Å². The Balaban J connectivity index is 2.30. The van der Waals surface area contributed by atoms with E-state index in [9.17, 15) is 0 Å². The van der Waals surface area contributed by atoms with Crippen LogP contribution in [-0.2, 0) is 16.2 Å². The Bertz CT molecular complexity index is 858. The molecule has 0 nitrogen and oxygen atoms in total. The lowest BCUT2D eigenvalue weighted by molar-refractivity contribution is 0.553. The largest absolute Gasteiger partial charge is 0.152 e. The van der Waals surface area contributed by atoms with Gasteiger partial charge in [0.25, 0.3) is 0 Å². The Morgan fingerprint density at radius 2 is 1.17 bits per heavy atom. The van der Waals surface area contributed by atoms with Crippen LogP contribution >= 0.6 is 31.1 Å². The third-order valence-electron chi connectivity index (χ3n) is 5.79. The predicted molar refractivity (Wildman–Crippen MR) is 133 cm³/mol. The van der Waals surface area contributed by atoms with Crippen LogP contribution < -0.4 is 5.30 Å². The highest BCUT2D eigenvalue weighted by Gasteiger charge is 2.65. The van der Waals surface area contributed by atoms with E-state index in [2.05, 4.69) is 105 Å². The van der Waals surface area contributed by atoms with Crippen LogP contribution in [0.4, 0.5) is 0 Å². The summed E-state index contributed by atoms with van der Waals surface area (Å²) in [7, 11) is -0.716. The SMILES string of the molecule is CC(C)(C)c1cc(C(C)(C)C)c([P@@]2[C@H](c3ccccc3)C2(Cl)Cl)c(C(C)(C)C)c1. The Hall–Kier alpha value is -0.550. The van der Waals surface area contributed by atoms with Gasteiger partial charge in [0.15, 0.2) is 4.07 Å². The second-order valence-electron chi connectivity index (χ2n) is 11.4. The molecule has 1 aliphatic heterocycles. The molecule has 0 aliphatic carbocycles. The summed E-state index contributed by atoms with van der Waals surface area (Å²) in [6.45, 7) is 20.7. The van der Waals surface area contributed by atoms with Gasteiger partial charge in [-0.15, -0.1) is 0 Å². The molecule has 0 spiro atoms. The van der Waals surface area contributed by atoms with Gasteiger partial charge in [-0.05, 0) is 51.7 Å². The van der Waals surface area contributed by atoms with Crippen LogP contribution in [0.3, 0.4) is 0 Å². The maximum atomic E-state index is 7.01. The molecule has 2 aromatic carbocycles. The maximum Gasteiger partial charge on any atom is 0.152 e. The van der Waals surface area contributed by atoms with Crippen LogP contribution in [0.2, 0.25) is 0 Å². The van der Waals surface area contributed by atoms with E-state index in [0.29, 0.717) is 0 Å². The van der Waals surface area contributed by atoms with Crippen molar-refractivity contribution in [3.63, 3.8) is 0 Å². The first-order valence-electron chi connectivity index (χ1n) is 10.5. The zero-order valence-corrected chi connectivity index (χ0v) is 21.7. The van der Waals surface area contributed by atoms with Crippen molar-refractivity contribution in [1.82, 2.24) is 0 Å². The van der Waals surface area contributed by atoms with Gasteiger partial charge < -0.3 is 0 Å². The van der Waals surface area contributed by atoms with E-state index in [1.54, 1.807) is 0 Å². The molecule has 1 fully saturated rings. The number of hydrogen-bond acceptors (Lipinski definition) is 0. The summed E-state index contributed by atoms with van der Waals surface area (Å²) in [4.78, 5) is 0. The van der Waals surface area contributed by atoms with E-state index in [4.69, 9.17) is 23.2 Å². The van der Waals surface area contributed by atoms with Crippen LogP contribution in [0.15, 0.2) is 42.5 Å². The number of hydrogen-bond donors (Lipinski definition) is 0. The van der Waals surface area contributed by atoms with Crippen LogP contribution in [0.5, 0.6) is 0 Å². The molecule has 0 aromatic heterocycles. The summed E-state index contributed by atoms with van der Waals surface area (Å²) in [5.74, 6) is 0. The molecular weight excluding hydrogens is 414 g/mol. The first-order valence-corrected chi connectivity index (χ1v) is 12.6. The molecule has 0 amide bonds. The normalized spacial score (nSPS) is 21.9. The van der Waals surface area contributed by atoms with Gasteiger partial charge in [0.05, 0.1) is 0 Å². The second-order valence-corrected chi connectivity index (χ2v) is 15.8. The smallest absolute Gasteiger partial charge is 0.0951 e. The Kier molecular flexibility index (Phi) is 5.78. The molecule has 1 heterocycles. The Labute approximate surface area is 189 Å². The summed E-state index contributed by atoms with van der Waals surface area (Å²) < 4.78 is -0.708. The molecule has 3 rings (SSSR count). The molecule has 158 valence electrons. The molecule has 3 heteroatoms. The van der Waals surface area contributed by atoms with Crippen molar-refractivity contribution in [2.24, 2.45) is 0 Å². The van der Waals surface area contributed by atoms with Crippen LogP contribution in [-0.4, -0.2) is 4.07 Å². The third kappa shape index (κ3) is 4.42. The molecular formula is C26H35Cl2P. The number of alkyl halides is 2. The maximum absolute atomic E-state index is 7.01. The molecule has 1 aliphatic rings. The number of benzene rings is 2. The summed E-state index contributed by atoms with van der Waals surface area (Å²) in [5, 5.41) is 1.42. The molecule has 0 N–H and O–H groups in total. The van der Waals surface area contributed by atoms with E-state index in [-0.39, 0.29) is 21.9 Å². The first kappa shape index (κ1) is 23.1. The minimum Gasteiger partial charge on any atom is -0.0951 e. The van der Waals surface area contributed by atoms with E-state index >= 15 is 0 Å². The highest BCUT2D eigenvalue weighted by molar-refractivity contribution is 7.79. The predicted octanol–water partition coefficient (Wildman–Crippen LogP) is 8.57. The van der Waals surface area contributed by atoms with Crippen molar-refractivity contribution < 1.29 is 0 Å². The topological polar surface area (TPSA) is 0 Å². The number of halogens is 2. The summed E-state index contributed by atoms with van der Waals surface area (Å²) in [6.07, 6.45) is 0. The monoisotopic (exact) mass is 448 g/mol. The zero-order valence-electron chi connectivity index (χ0n) is 19.3. The summed E-state index contributed by atoms with van der Waals surface area (Å²) in [6, 6.07) is 15.4. The second kappa shape index (κ2) is 7.25. The van der Waals surface area contributed by atoms with Gasteiger partial charge in [0, 0.05) is 5.66 Å². The van der Waals surface area contributed by atoms with Gasteiger partial charge >= 0.3 is 0 Å². The average molecular weight is 449 g/mol. The fraction of sp³-hybridized carbons (Fsp3) is 0.538. The molecule has 0 unspecified atom stereocenters. The van der Waals surface area contributed by atoms with E-state index in [1.165, 1.54) is 27.6 Å². The summed E-state index contributed by atoms with van der Waals surface area (Å²) >= 11 is 14.0. The Morgan fingerprint density at radius 3 is 1.55 bits per heavy atom. The van der Waals surface area contributed by atoms with Crippen molar-refractivity contribution in [2.75, 3.05) is 0 Å². The lowest BCUT2D eigenvalue weighted by Crippen LogP contribution is -2.30. The fourth-order valence-corrected chi connectivity index (χ4v) is 8.77.